The number of ketones is 1. The highest BCUT2D eigenvalue weighted by molar-refractivity contribution is 5.98. The van der Waals surface area contributed by atoms with Crippen molar-refractivity contribution in [1.29, 1.82) is 0 Å². The summed E-state index contributed by atoms with van der Waals surface area (Å²) in [6, 6.07) is 4.27. The van der Waals surface area contributed by atoms with Gasteiger partial charge in [-0.05, 0) is 50.3 Å². The van der Waals surface area contributed by atoms with Crippen molar-refractivity contribution in [2.75, 3.05) is 46.6 Å². The van der Waals surface area contributed by atoms with Crippen LogP contribution < -0.4 is 20.7 Å². The number of nitrogens with one attached hydrogen (secondary N) is 3. The van der Waals surface area contributed by atoms with Crippen molar-refractivity contribution in [2.45, 2.75) is 69.2 Å². The predicted octanol–water partition coefficient (Wildman–Crippen LogP) is 0.906. The third-order valence-corrected chi connectivity index (χ3v) is 8.01. The molecule has 1 aromatic rings. The SMILES string of the molecule is C#CC[C@H](NC(=O)CN1CCOCC1)C(=O)N[C@@H](Cc1ccc(OC)cc1)C(=O)N[C@@H](CC1=CCCC1)C(=O)[C@@]1(C)CO1. The largest absolute Gasteiger partial charge is 0.497 e. The Kier molecular flexibility index (Phi) is 11.3. The van der Waals surface area contributed by atoms with Gasteiger partial charge < -0.3 is 30.2 Å². The fraction of sp³-hybridized carbons (Fsp3) is 0.562. The highest BCUT2D eigenvalue weighted by atomic mass is 16.6. The Balaban J connectivity index is 1.49. The lowest BCUT2D eigenvalue weighted by Gasteiger charge is -2.27. The Bertz CT molecular complexity index is 1230. The first-order chi connectivity index (χ1) is 20.7. The average Bonchev–Trinajstić information content (AvgIpc) is 3.54. The molecule has 11 heteroatoms. The molecule has 0 unspecified atom stereocenters. The molecule has 0 saturated carbocycles. The first kappa shape index (κ1) is 32.2. The standard InChI is InChI=1S/C32H42N4O7/c1-4-7-25(33-28(37)20-36-14-16-42-17-15-36)30(39)35-27(19-23-10-12-24(41-3)13-11-23)31(40)34-26(18-22-8-5-6-9-22)29(38)32(2)21-43-32/h1,8,10-13,25-27H,5-7,9,14-21H2,2-3H3,(H,33,37)(H,34,40)(H,35,39)/t25-,26-,27-,32+/m0/s1. The molecule has 2 heterocycles. The molecular weight excluding hydrogens is 552 g/mol. The molecule has 232 valence electrons. The van der Waals surface area contributed by atoms with E-state index in [-0.39, 0.29) is 31.1 Å². The van der Waals surface area contributed by atoms with Gasteiger partial charge in [0.1, 0.15) is 23.4 Å². The van der Waals surface area contributed by atoms with Crippen LogP contribution in [0, 0.1) is 12.3 Å². The quantitative estimate of drug-likeness (QED) is 0.155. The topological polar surface area (TPSA) is 139 Å². The number of nitrogens with zero attached hydrogens (tertiary/aromatic N) is 1. The third-order valence-electron chi connectivity index (χ3n) is 8.01. The molecule has 43 heavy (non-hydrogen) atoms. The Labute approximate surface area is 253 Å². The fourth-order valence-electron chi connectivity index (χ4n) is 5.29. The summed E-state index contributed by atoms with van der Waals surface area (Å²) in [4.78, 5) is 55.3. The van der Waals surface area contributed by atoms with E-state index in [9.17, 15) is 19.2 Å². The lowest BCUT2D eigenvalue weighted by molar-refractivity contribution is -0.134. The highest BCUT2D eigenvalue weighted by Gasteiger charge is 2.50. The summed E-state index contributed by atoms with van der Waals surface area (Å²) in [7, 11) is 1.56. The molecule has 0 bridgehead atoms. The van der Waals surface area contributed by atoms with E-state index < -0.39 is 35.5 Å². The number of Topliss-reactive ketones (excluding diaryl/α,β-unsaturated/α-hetero) is 1. The van der Waals surface area contributed by atoms with Crippen molar-refractivity contribution in [2.24, 2.45) is 0 Å². The van der Waals surface area contributed by atoms with Gasteiger partial charge in [-0.15, -0.1) is 12.3 Å². The lowest BCUT2D eigenvalue weighted by Crippen LogP contribution is -2.57. The normalized spacial score (nSPS) is 21.8. The molecule has 3 N–H and O–H groups in total. The molecule has 2 saturated heterocycles. The number of carbonyl (C=O) groups excluding carboxylic acids is 4. The van der Waals surface area contributed by atoms with Crippen LogP contribution >= 0.6 is 0 Å². The number of allylic oxidation sites excluding steroid dienone is 1. The van der Waals surface area contributed by atoms with Crippen molar-refractivity contribution >= 4 is 23.5 Å². The monoisotopic (exact) mass is 594 g/mol. The smallest absolute Gasteiger partial charge is 0.244 e. The van der Waals surface area contributed by atoms with Gasteiger partial charge in [0, 0.05) is 25.9 Å². The summed E-state index contributed by atoms with van der Waals surface area (Å²) in [5.74, 6) is 1.47. The van der Waals surface area contributed by atoms with E-state index in [4.69, 9.17) is 20.6 Å². The molecular formula is C32H42N4O7. The van der Waals surface area contributed by atoms with Gasteiger partial charge in [0.2, 0.25) is 17.7 Å². The van der Waals surface area contributed by atoms with Gasteiger partial charge in [-0.3, -0.25) is 24.1 Å². The minimum Gasteiger partial charge on any atom is -0.497 e. The molecule has 4 atom stereocenters. The van der Waals surface area contributed by atoms with Crippen LogP contribution in [0.3, 0.4) is 0 Å². The zero-order valence-corrected chi connectivity index (χ0v) is 25.0. The van der Waals surface area contributed by atoms with Crippen LogP contribution in [-0.4, -0.2) is 98.7 Å². The van der Waals surface area contributed by atoms with E-state index in [0.29, 0.717) is 45.1 Å². The molecule has 11 nitrogen and oxygen atoms in total. The summed E-state index contributed by atoms with van der Waals surface area (Å²) < 4.78 is 16.0. The minimum absolute atomic E-state index is 0.0531. The molecule has 0 radical (unpaired) electrons. The number of hydrogen-bond donors (Lipinski definition) is 3. The zero-order valence-electron chi connectivity index (χ0n) is 25.0. The number of morpholine rings is 1. The zero-order chi connectivity index (χ0) is 30.8. The van der Waals surface area contributed by atoms with Crippen LogP contribution in [0.5, 0.6) is 5.75 Å². The summed E-state index contributed by atoms with van der Waals surface area (Å²) in [5.41, 5.74) is 0.967. The Morgan fingerprint density at radius 1 is 1.02 bits per heavy atom. The van der Waals surface area contributed by atoms with Crippen LogP contribution in [0.15, 0.2) is 35.9 Å². The summed E-state index contributed by atoms with van der Waals surface area (Å²) in [5, 5.41) is 8.43. The second-order valence-corrected chi connectivity index (χ2v) is 11.4. The van der Waals surface area contributed by atoms with Crippen molar-refractivity contribution in [3.05, 3.63) is 41.5 Å². The van der Waals surface area contributed by atoms with E-state index in [0.717, 1.165) is 30.4 Å². The first-order valence-corrected chi connectivity index (χ1v) is 14.8. The number of hydrogen-bond acceptors (Lipinski definition) is 8. The number of terminal acetylenes is 1. The van der Waals surface area contributed by atoms with Crippen LogP contribution in [0.4, 0.5) is 0 Å². The van der Waals surface area contributed by atoms with Crippen LogP contribution in [0.25, 0.3) is 0 Å². The van der Waals surface area contributed by atoms with Gasteiger partial charge in [0.05, 0.1) is 39.5 Å². The van der Waals surface area contributed by atoms with E-state index in [1.165, 1.54) is 0 Å². The summed E-state index contributed by atoms with van der Waals surface area (Å²) in [6.07, 6.45) is 11.0. The average molecular weight is 595 g/mol. The molecule has 3 aliphatic rings. The second kappa shape index (κ2) is 15.1. The lowest BCUT2D eigenvalue weighted by atomic mass is 9.94. The van der Waals surface area contributed by atoms with Gasteiger partial charge in [-0.2, -0.15) is 0 Å². The van der Waals surface area contributed by atoms with Crippen molar-refractivity contribution in [3.63, 3.8) is 0 Å². The Morgan fingerprint density at radius 3 is 2.30 bits per heavy atom. The van der Waals surface area contributed by atoms with E-state index in [1.807, 2.05) is 4.90 Å². The van der Waals surface area contributed by atoms with Crippen molar-refractivity contribution in [1.82, 2.24) is 20.9 Å². The van der Waals surface area contributed by atoms with Gasteiger partial charge in [0.25, 0.3) is 0 Å². The third kappa shape index (κ3) is 9.38. The summed E-state index contributed by atoms with van der Waals surface area (Å²) in [6.45, 7) is 4.44. The van der Waals surface area contributed by atoms with Gasteiger partial charge >= 0.3 is 0 Å². The van der Waals surface area contributed by atoms with E-state index in [1.54, 1.807) is 38.3 Å². The Hall–Kier alpha value is -3.72. The number of methoxy groups -OCH3 is 1. The van der Waals surface area contributed by atoms with Gasteiger partial charge in [-0.25, -0.2) is 0 Å². The molecule has 2 fully saturated rings. The number of ether oxygens (including phenoxy) is 3. The first-order valence-electron chi connectivity index (χ1n) is 14.8. The van der Waals surface area contributed by atoms with Crippen molar-refractivity contribution < 1.29 is 33.4 Å². The van der Waals surface area contributed by atoms with Crippen LogP contribution in [0.1, 0.15) is 44.6 Å². The van der Waals surface area contributed by atoms with Crippen molar-refractivity contribution in [3.8, 4) is 18.1 Å². The predicted molar refractivity (Wildman–Crippen MR) is 159 cm³/mol. The Morgan fingerprint density at radius 2 is 1.70 bits per heavy atom. The molecule has 1 aliphatic carbocycles. The number of amides is 3. The van der Waals surface area contributed by atoms with E-state index in [2.05, 4.69) is 27.9 Å². The number of epoxide rings is 1. The molecule has 1 aromatic carbocycles. The molecule has 0 spiro atoms. The van der Waals surface area contributed by atoms with Crippen LogP contribution in [0.2, 0.25) is 0 Å². The minimum atomic E-state index is -1.04. The molecule has 0 aromatic heterocycles. The van der Waals surface area contributed by atoms with Gasteiger partial charge in [0.15, 0.2) is 5.78 Å². The maximum atomic E-state index is 13.8. The molecule has 4 rings (SSSR count). The highest BCUT2D eigenvalue weighted by Crippen LogP contribution is 2.31. The number of rotatable bonds is 15. The maximum Gasteiger partial charge on any atom is 0.244 e. The molecule has 3 amide bonds. The number of benzene rings is 1. The van der Waals surface area contributed by atoms with Gasteiger partial charge in [-0.1, -0.05) is 23.8 Å². The van der Waals surface area contributed by atoms with Crippen LogP contribution in [-0.2, 0) is 35.1 Å². The maximum absolute atomic E-state index is 13.8. The van der Waals surface area contributed by atoms with E-state index >= 15 is 0 Å². The molecule has 2 aliphatic heterocycles. The number of carbonyl (C=O) groups is 4. The summed E-state index contributed by atoms with van der Waals surface area (Å²) >= 11 is 0. The fourth-order valence-corrected chi connectivity index (χ4v) is 5.29. The second-order valence-electron chi connectivity index (χ2n) is 11.4.